The quantitative estimate of drug-likeness (QED) is 0.225. The summed E-state index contributed by atoms with van der Waals surface area (Å²) < 4.78 is 42.0. The molecule has 2 heterocycles. The maximum Gasteiger partial charge on any atom is 0.416 e. The van der Waals surface area contributed by atoms with Crippen LogP contribution in [-0.2, 0) is 12.7 Å². The van der Waals surface area contributed by atoms with Crippen molar-refractivity contribution < 1.29 is 18.0 Å². The van der Waals surface area contributed by atoms with Crippen LogP contribution in [0.15, 0.2) is 60.8 Å². The predicted octanol–water partition coefficient (Wildman–Crippen LogP) is 6.09. The van der Waals surface area contributed by atoms with Crippen molar-refractivity contribution in [2.45, 2.75) is 19.6 Å². The molecular weight excluding hydrogens is 553 g/mol. The van der Waals surface area contributed by atoms with Crippen molar-refractivity contribution in [2.24, 2.45) is 0 Å². The third kappa shape index (κ3) is 6.78. The van der Waals surface area contributed by atoms with Crippen molar-refractivity contribution in [3.8, 4) is 11.8 Å². The van der Waals surface area contributed by atoms with Gasteiger partial charge in [-0.3, -0.25) is 9.69 Å². The van der Waals surface area contributed by atoms with Crippen LogP contribution in [0.4, 0.5) is 30.4 Å². The summed E-state index contributed by atoms with van der Waals surface area (Å²) in [6, 6.07) is 14.0. The van der Waals surface area contributed by atoms with Crippen LogP contribution in [0.5, 0.6) is 0 Å². The zero-order valence-corrected chi connectivity index (χ0v) is 23.7. The van der Waals surface area contributed by atoms with Gasteiger partial charge in [-0.15, -0.1) is 0 Å². The number of hydrogen-bond donors (Lipinski definition) is 2. The van der Waals surface area contributed by atoms with Crippen molar-refractivity contribution in [1.29, 1.82) is 0 Å². The van der Waals surface area contributed by atoms with Crippen molar-refractivity contribution in [3.05, 3.63) is 106 Å². The summed E-state index contributed by atoms with van der Waals surface area (Å²) in [6.07, 6.45) is -2.95. The Morgan fingerprint density at radius 2 is 1.84 bits per heavy atom. The Hall–Kier alpha value is -4.90. The lowest BCUT2D eigenvalue weighted by molar-refractivity contribution is -0.138. The Balaban J connectivity index is 1.39. The first kappa shape index (κ1) is 29.6. The van der Waals surface area contributed by atoms with Gasteiger partial charge in [-0.05, 0) is 66.2 Å². The van der Waals surface area contributed by atoms with Gasteiger partial charge in [0.2, 0.25) is 0 Å². The summed E-state index contributed by atoms with van der Waals surface area (Å²) in [5, 5.41) is 4.08. The molecule has 43 heavy (non-hydrogen) atoms. The zero-order chi connectivity index (χ0) is 30.7. The lowest BCUT2D eigenvalue weighted by Gasteiger charge is -2.33. The third-order valence-electron chi connectivity index (χ3n) is 7.52. The number of fused-ring (bicyclic) bond motifs is 1. The highest BCUT2D eigenvalue weighted by atomic mass is 19.4. The molecule has 10 heteroatoms. The minimum absolute atomic E-state index is 0.0536. The van der Waals surface area contributed by atoms with Crippen LogP contribution in [0.1, 0.15) is 38.2 Å². The Labute approximate surface area is 247 Å². The highest BCUT2D eigenvalue weighted by Crippen LogP contribution is 2.35. The number of carbonyl (C=O) groups is 1. The molecule has 0 spiro atoms. The number of aromatic nitrogens is 1. The Kier molecular flexibility index (Phi) is 8.36. The van der Waals surface area contributed by atoms with E-state index in [0.29, 0.717) is 35.3 Å². The summed E-state index contributed by atoms with van der Waals surface area (Å²) in [4.78, 5) is 25.0. The minimum atomic E-state index is -4.57. The van der Waals surface area contributed by atoms with E-state index < -0.39 is 17.6 Å². The molecule has 4 aromatic rings. The van der Waals surface area contributed by atoms with Crippen molar-refractivity contribution in [2.75, 3.05) is 44.3 Å². The van der Waals surface area contributed by atoms with E-state index in [1.54, 1.807) is 42.6 Å². The standard InChI is InChI=1S/C33H29F3N6O/c1-21-4-5-23(16-22(21)8-11-28-29-17-26(38-2)9-6-24(29)19-39-31(28)37)32(43)40-27-10-7-25(30(18-27)33(34,35)36)20-42-14-12-41(3)13-15-42/h4-7,9-10,16-19H,12-15,20H2,1,3H3,(H2,37,39)(H,40,43). The summed E-state index contributed by atoms with van der Waals surface area (Å²) in [5.74, 6) is 5.75. The van der Waals surface area contributed by atoms with E-state index in [0.717, 1.165) is 30.1 Å². The van der Waals surface area contributed by atoms with Gasteiger partial charge < -0.3 is 16.0 Å². The number of likely N-dealkylation sites (N-methyl/N-ethyl adjacent to an activating group) is 1. The summed E-state index contributed by atoms with van der Waals surface area (Å²) in [7, 11) is 1.99. The fourth-order valence-corrected chi connectivity index (χ4v) is 4.95. The van der Waals surface area contributed by atoms with Crippen LogP contribution >= 0.6 is 0 Å². The number of alkyl halides is 3. The fourth-order valence-electron chi connectivity index (χ4n) is 4.95. The molecule has 0 radical (unpaired) electrons. The number of rotatable bonds is 4. The molecule has 7 nitrogen and oxygen atoms in total. The maximum absolute atomic E-state index is 14.0. The van der Waals surface area contributed by atoms with E-state index in [1.807, 2.05) is 18.9 Å². The SMILES string of the molecule is [C-]#[N+]c1ccc2cnc(N)c(C#Cc3cc(C(=O)Nc4ccc(CN5CCN(C)CC5)c(C(F)(F)F)c4)ccc3C)c2c1. The number of piperazine rings is 1. The van der Waals surface area contributed by atoms with Gasteiger partial charge >= 0.3 is 6.18 Å². The van der Waals surface area contributed by atoms with Crippen molar-refractivity contribution in [1.82, 2.24) is 14.8 Å². The molecule has 1 fully saturated rings. The second kappa shape index (κ2) is 12.1. The van der Waals surface area contributed by atoms with Gasteiger partial charge in [-0.1, -0.05) is 36.1 Å². The molecule has 1 amide bonds. The molecule has 1 saturated heterocycles. The lowest BCUT2D eigenvalue weighted by Crippen LogP contribution is -2.44. The Morgan fingerprint density at radius 1 is 1.07 bits per heavy atom. The van der Waals surface area contributed by atoms with E-state index in [9.17, 15) is 18.0 Å². The van der Waals surface area contributed by atoms with Crippen LogP contribution in [0.25, 0.3) is 15.6 Å². The van der Waals surface area contributed by atoms with E-state index in [4.69, 9.17) is 12.3 Å². The second-order valence-corrected chi connectivity index (χ2v) is 10.6. The lowest BCUT2D eigenvalue weighted by atomic mass is 10.0. The first-order valence-electron chi connectivity index (χ1n) is 13.6. The number of nitrogens with two attached hydrogens (primary N) is 1. The van der Waals surface area contributed by atoms with Crippen LogP contribution < -0.4 is 11.1 Å². The maximum atomic E-state index is 14.0. The second-order valence-electron chi connectivity index (χ2n) is 10.6. The molecule has 218 valence electrons. The first-order valence-corrected chi connectivity index (χ1v) is 13.6. The number of anilines is 2. The highest BCUT2D eigenvalue weighted by Gasteiger charge is 2.34. The summed E-state index contributed by atoms with van der Waals surface area (Å²) in [6.45, 7) is 12.3. The number of halogens is 3. The van der Waals surface area contributed by atoms with E-state index in [1.165, 1.54) is 12.1 Å². The third-order valence-corrected chi connectivity index (χ3v) is 7.52. The van der Waals surface area contributed by atoms with Gasteiger partial charge in [-0.2, -0.15) is 13.2 Å². The van der Waals surface area contributed by atoms with E-state index in [2.05, 4.69) is 31.9 Å². The van der Waals surface area contributed by atoms with Gasteiger partial charge in [0, 0.05) is 55.7 Å². The molecule has 1 aliphatic rings. The van der Waals surface area contributed by atoms with Gasteiger partial charge in [0.05, 0.1) is 17.7 Å². The summed E-state index contributed by atoms with van der Waals surface area (Å²) in [5.41, 5.74) is 8.07. The summed E-state index contributed by atoms with van der Waals surface area (Å²) >= 11 is 0. The number of hydrogen-bond acceptors (Lipinski definition) is 5. The normalized spacial score (nSPS) is 14.1. The molecule has 0 aliphatic carbocycles. The smallest absolute Gasteiger partial charge is 0.383 e. The van der Waals surface area contributed by atoms with Crippen molar-refractivity contribution >= 4 is 33.9 Å². The fraction of sp³-hybridized carbons (Fsp3) is 0.242. The number of nitrogens with zero attached hydrogens (tertiary/aromatic N) is 4. The Morgan fingerprint density at radius 3 is 2.56 bits per heavy atom. The van der Waals surface area contributed by atoms with Crippen molar-refractivity contribution in [3.63, 3.8) is 0 Å². The van der Waals surface area contributed by atoms with Gasteiger partial charge in [0.15, 0.2) is 5.69 Å². The molecule has 0 atom stereocenters. The van der Waals surface area contributed by atoms with Crippen LogP contribution in [0.3, 0.4) is 0 Å². The number of carbonyl (C=O) groups excluding carboxylic acids is 1. The monoisotopic (exact) mass is 582 g/mol. The molecule has 0 unspecified atom stereocenters. The van der Waals surface area contributed by atoms with E-state index >= 15 is 0 Å². The topological polar surface area (TPSA) is 78.8 Å². The highest BCUT2D eigenvalue weighted by molar-refractivity contribution is 6.04. The molecule has 1 aromatic heterocycles. The predicted molar refractivity (Wildman–Crippen MR) is 162 cm³/mol. The van der Waals surface area contributed by atoms with Crippen LogP contribution in [0, 0.1) is 25.3 Å². The van der Waals surface area contributed by atoms with E-state index in [-0.39, 0.29) is 29.2 Å². The average Bonchev–Trinajstić information content (AvgIpc) is 2.98. The number of aryl methyl sites for hydroxylation is 1. The molecule has 0 saturated carbocycles. The largest absolute Gasteiger partial charge is 0.416 e. The van der Waals surface area contributed by atoms with Gasteiger partial charge in [-0.25, -0.2) is 9.83 Å². The number of amides is 1. The molecule has 0 bridgehead atoms. The number of nitrogen functional groups attached to an aromatic ring is 1. The molecule has 5 rings (SSSR count). The van der Waals surface area contributed by atoms with Gasteiger partial charge in [0.1, 0.15) is 5.82 Å². The van der Waals surface area contributed by atoms with Gasteiger partial charge in [0.25, 0.3) is 5.91 Å². The zero-order valence-electron chi connectivity index (χ0n) is 23.7. The molecular formula is C33H29F3N6O. The minimum Gasteiger partial charge on any atom is -0.383 e. The first-order chi connectivity index (χ1) is 20.5. The Bertz CT molecular complexity index is 1810. The average molecular weight is 583 g/mol. The number of nitrogens with one attached hydrogen (secondary N) is 1. The number of benzene rings is 3. The molecule has 1 aliphatic heterocycles. The number of pyridine rings is 1. The molecule has 3 aromatic carbocycles. The van der Waals surface area contributed by atoms with Crippen LogP contribution in [-0.4, -0.2) is 53.9 Å². The molecule has 3 N–H and O–H groups in total. The van der Waals surface area contributed by atoms with Crippen LogP contribution in [0.2, 0.25) is 0 Å².